The highest BCUT2D eigenvalue weighted by atomic mass is 28.3. The summed E-state index contributed by atoms with van der Waals surface area (Å²) in [6.07, 6.45) is 1.17. The van der Waals surface area contributed by atoms with Crippen molar-refractivity contribution < 1.29 is 22.7 Å². The van der Waals surface area contributed by atoms with E-state index in [0.29, 0.717) is 38.8 Å². The van der Waals surface area contributed by atoms with Crippen LogP contribution < -0.4 is 15.1 Å². The van der Waals surface area contributed by atoms with E-state index in [1.165, 1.54) is 6.20 Å². The van der Waals surface area contributed by atoms with Gasteiger partial charge in [-0.2, -0.15) is 18.4 Å². The lowest BCUT2D eigenvalue weighted by atomic mass is 9.84. The molecular weight excluding hydrogens is 513 g/mol. The average Bonchev–Trinajstić information content (AvgIpc) is 3.26. The molecule has 3 heterocycles. The number of fused-ring (bicyclic) bond motifs is 3. The molecule has 1 aromatic rings. The smallest absolute Gasteiger partial charge is 0.361 e. The third-order valence-electron chi connectivity index (χ3n) is 7.69. The van der Waals surface area contributed by atoms with Crippen LogP contribution in [0.4, 0.5) is 24.7 Å². The van der Waals surface area contributed by atoms with E-state index in [1.54, 1.807) is 0 Å². The van der Waals surface area contributed by atoms with Crippen LogP contribution in [-0.2, 0) is 11.2 Å². The van der Waals surface area contributed by atoms with Gasteiger partial charge in [0.2, 0.25) is 0 Å². The first-order chi connectivity index (χ1) is 18.0. The van der Waals surface area contributed by atoms with Crippen molar-refractivity contribution in [3.05, 3.63) is 17.3 Å². The molecule has 1 amide bonds. The molecule has 3 aliphatic rings. The normalized spacial score (nSPS) is 21.9. The summed E-state index contributed by atoms with van der Waals surface area (Å²) in [6, 6.07) is 3.20. The van der Waals surface area contributed by atoms with Gasteiger partial charge in [-0.05, 0) is 50.6 Å². The summed E-state index contributed by atoms with van der Waals surface area (Å²) < 4.78 is 46.1. The van der Waals surface area contributed by atoms with Crippen molar-refractivity contribution in [3.8, 4) is 6.07 Å². The predicted molar refractivity (Wildman–Crippen MR) is 143 cm³/mol. The molecule has 0 saturated heterocycles. The zero-order valence-electron chi connectivity index (χ0n) is 22.6. The fourth-order valence-corrected chi connectivity index (χ4v) is 6.43. The largest absolute Gasteiger partial charge is 0.406 e. The van der Waals surface area contributed by atoms with E-state index >= 15 is 0 Å². The number of carbonyl (C=O) groups is 1. The van der Waals surface area contributed by atoms with Crippen LogP contribution in [0, 0.1) is 17.2 Å². The van der Waals surface area contributed by atoms with Gasteiger partial charge in [0.05, 0.1) is 30.5 Å². The Labute approximate surface area is 224 Å². The van der Waals surface area contributed by atoms with Gasteiger partial charge in [0.25, 0.3) is 5.91 Å². The Morgan fingerprint density at radius 2 is 1.95 bits per heavy atom. The Hall–Kier alpha value is -2.36. The van der Waals surface area contributed by atoms with Crippen molar-refractivity contribution in [2.45, 2.75) is 70.0 Å². The molecule has 38 heavy (non-hydrogen) atoms. The van der Waals surface area contributed by atoms with E-state index in [1.807, 2.05) is 4.90 Å². The second-order valence-electron chi connectivity index (χ2n) is 11.9. The maximum atomic E-state index is 13.4. The molecule has 1 N–H and O–H groups in total. The van der Waals surface area contributed by atoms with Crippen LogP contribution in [0.3, 0.4) is 0 Å². The number of pyridine rings is 1. The number of halogens is 3. The molecule has 0 bridgehead atoms. The number of rotatable bonds is 10. The second kappa shape index (κ2) is 11.8. The summed E-state index contributed by atoms with van der Waals surface area (Å²) in [5, 5.41) is 11.9. The summed E-state index contributed by atoms with van der Waals surface area (Å²) in [5.41, 5.74) is 1.96. The van der Waals surface area contributed by atoms with Gasteiger partial charge < -0.3 is 24.8 Å². The molecule has 0 atom stereocenters. The summed E-state index contributed by atoms with van der Waals surface area (Å²) in [4.78, 5) is 22.8. The van der Waals surface area contributed by atoms with Crippen molar-refractivity contribution in [1.82, 2.24) is 15.2 Å². The summed E-state index contributed by atoms with van der Waals surface area (Å²) in [5.74, 6) is 0.597. The highest BCUT2D eigenvalue weighted by molar-refractivity contribution is 6.76. The zero-order valence-corrected chi connectivity index (χ0v) is 23.6. The number of hydrogen-bond donors (Lipinski definition) is 1. The van der Waals surface area contributed by atoms with Crippen LogP contribution in [0.1, 0.15) is 41.6 Å². The number of nitrogens with zero attached hydrogens (tertiary/aromatic N) is 5. The number of nitriles is 1. The first-order valence-electron chi connectivity index (χ1n) is 13.5. The lowest BCUT2D eigenvalue weighted by Crippen LogP contribution is -2.54. The predicted octanol–water partition coefficient (Wildman–Crippen LogP) is 4.21. The van der Waals surface area contributed by atoms with E-state index < -0.39 is 26.7 Å². The molecule has 4 rings (SSSR count). The van der Waals surface area contributed by atoms with Gasteiger partial charge in [-0.25, -0.2) is 4.98 Å². The third kappa shape index (κ3) is 6.98. The third-order valence-corrected chi connectivity index (χ3v) is 9.40. The fraction of sp³-hybridized carbons (Fsp3) is 0.731. The highest BCUT2D eigenvalue weighted by Crippen LogP contribution is 2.42. The Bertz CT molecular complexity index is 1030. The number of hydrogen-bond acceptors (Lipinski definition) is 7. The Kier molecular flexibility index (Phi) is 8.89. The van der Waals surface area contributed by atoms with Gasteiger partial charge in [0.1, 0.15) is 19.1 Å². The molecular formula is C26H39F3N6O2Si. The van der Waals surface area contributed by atoms with E-state index in [9.17, 15) is 18.0 Å². The van der Waals surface area contributed by atoms with Crippen molar-refractivity contribution in [3.63, 3.8) is 0 Å². The molecule has 0 radical (unpaired) electrons. The zero-order chi connectivity index (χ0) is 27.5. The Morgan fingerprint density at radius 1 is 1.21 bits per heavy atom. The van der Waals surface area contributed by atoms with Crippen molar-refractivity contribution >= 4 is 25.5 Å². The number of carbonyl (C=O) groups excluding carboxylic acids is 1. The minimum Gasteiger partial charge on any atom is -0.361 e. The van der Waals surface area contributed by atoms with E-state index in [0.717, 1.165) is 60.2 Å². The number of ether oxygens (including phenoxy) is 1. The first-order valence-corrected chi connectivity index (χ1v) is 17.2. The molecule has 1 aromatic heterocycles. The lowest BCUT2D eigenvalue weighted by Gasteiger charge is -2.45. The molecule has 2 aliphatic heterocycles. The molecule has 0 unspecified atom stereocenters. The minimum atomic E-state index is -4.48. The van der Waals surface area contributed by atoms with Crippen LogP contribution in [0.2, 0.25) is 25.7 Å². The quantitative estimate of drug-likeness (QED) is 0.264. The first kappa shape index (κ1) is 28.6. The van der Waals surface area contributed by atoms with E-state index in [-0.39, 0.29) is 18.3 Å². The topological polar surface area (TPSA) is 84.7 Å². The summed E-state index contributed by atoms with van der Waals surface area (Å²) >= 11 is 0. The number of nitrogens with one attached hydrogen (secondary N) is 1. The van der Waals surface area contributed by atoms with Crippen molar-refractivity contribution in [2.24, 2.45) is 5.92 Å². The fourth-order valence-electron chi connectivity index (χ4n) is 5.67. The molecule has 1 saturated carbocycles. The Balaban J connectivity index is 1.55. The van der Waals surface area contributed by atoms with Crippen molar-refractivity contribution in [2.75, 3.05) is 56.0 Å². The molecule has 8 nitrogen and oxygen atoms in total. The van der Waals surface area contributed by atoms with E-state index in [4.69, 9.17) is 10.00 Å². The molecule has 1 aliphatic carbocycles. The van der Waals surface area contributed by atoms with Gasteiger partial charge >= 0.3 is 6.18 Å². The van der Waals surface area contributed by atoms with Gasteiger partial charge in [-0.1, -0.05) is 19.6 Å². The van der Waals surface area contributed by atoms with Crippen LogP contribution in [-0.4, -0.2) is 82.3 Å². The maximum absolute atomic E-state index is 13.4. The molecule has 12 heteroatoms. The van der Waals surface area contributed by atoms with Crippen LogP contribution >= 0.6 is 0 Å². The van der Waals surface area contributed by atoms with E-state index in [2.05, 4.69) is 40.9 Å². The van der Waals surface area contributed by atoms with Gasteiger partial charge in [0, 0.05) is 39.0 Å². The second-order valence-corrected chi connectivity index (χ2v) is 17.5. The van der Waals surface area contributed by atoms with Gasteiger partial charge in [0.15, 0.2) is 0 Å². The molecule has 0 aromatic carbocycles. The van der Waals surface area contributed by atoms with Crippen LogP contribution in [0.15, 0.2) is 6.20 Å². The van der Waals surface area contributed by atoms with Crippen LogP contribution in [0.5, 0.6) is 0 Å². The van der Waals surface area contributed by atoms with Gasteiger partial charge in [-0.15, -0.1) is 0 Å². The number of amides is 1. The molecule has 0 spiro atoms. The lowest BCUT2D eigenvalue weighted by molar-refractivity contribution is -0.141. The highest BCUT2D eigenvalue weighted by Gasteiger charge is 2.42. The average molecular weight is 553 g/mol. The molecule has 1 fully saturated rings. The van der Waals surface area contributed by atoms with Crippen LogP contribution in [0.25, 0.3) is 0 Å². The Morgan fingerprint density at radius 3 is 2.61 bits per heavy atom. The number of alkyl halides is 3. The summed E-state index contributed by atoms with van der Waals surface area (Å²) in [6.45, 7) is 8.45. The number of anilines is 2. The standard InChI is InChI=1S/C26H39F3N6O2Si/c1-38(2,3)13-12-37-18-33-11-8-21-23-22(15-32-24(21)33)25(36)34(16-26(27,28)29)17-35(23)20-6-4-19(5-7-20)14-31-10-9-30/h15,19-20,31H,4-8,10-14,16-18H2,1-3H3. The van der Waals surface area contributed by atoms with Gasteiger partial charge in [-0.3, -0.25) is 4.79 Å². The monoisotopic (exact) mass is 552 g/mol. The molecule has 210 valence electrons. The summed E-state index contributed by atoms with van der Waals surface area (Å²) in [7, 11) is -1.21. The van der Waals surface area contributed by atoms with Crippen molar-refractivity contribution in [1.29, 1.82) is 5.26 Å². The minimum absolute atomic E-state index is 0.0401. The number of aromatic nitrogens is 1. The maximum Gasteiger partial charge on any atom is 0.406 e. The SMILES string of the molecule is C[Si](C)(C)CCOCN1CCc2c1ncc1c2N(C2CCC(CNCC#N)CC2)CN(CC(F)(F)F)C1=O.